The molecule has 1 saturated carbocycles. The van der Waals surface area contributed by atoms with Gasteiger partial charge in [-0.1, -0.05) is 51.0 Å². The Morgan fingerprint density at radius 2 is 1.72 bits per heavy atom. The van der Waals surface area contributed by atoms with E-state index >= 15 is 0 Å². The van der Waals surface area contributed by atoms with Crippen LogP contribution >= 0.6 is 0 Å². The number of ether oxygens (including phenoxy) is 1. The van der Waals surface area contributed by atoms with E-state index in [2.05, 4.69) is 83.1 Å². The number of para-hydroxylation sites is 1. The summed E-state index contributed by atoms with van der Waals surface area (Å²) >= 11 is 0. The Morgan fingerprint density at radius 1 is 0.913 bits per heavy atom. The van der Waals surface area contributed by atoms with Crippen LogP contribution in [0.2, 0.25) is 0 Å². The van der Waals surface area contributed by atoms with Crippen molar-refractivity contribution in [2.45, 2.75) is 82.7 Å². The molecule has 4 aliphatic heterocycles. The van der Waals surface area contributed by atoms with Crippen LogP contribution in [0.4, 0.5) is 0 Å². The SMILES string of the molecule is CC[C@@H]1CN(C)[C@H]2Cc3c([nH]c4ccccc34)[C@H](c3ccc4[nH]c5c(c4c3)CCN3C[C@@H]4C[C@@H](CC)[C@H]3[C@@H]5C4)C[C@H]1[C@@H]2C(=O)OC. The van der Waals surface area contributed by atoms with Crippen molar-refractivity contribution in [3.63, 3.8) is 0 Å². The zero-order valence-electron chi connectivity index (χ0n) is 28.0. The molecule has 6 nitrogen and oxygen atoms in total. The van der Waals surface area contributed by atoms with Gasteiger partial charge in [0.15, 0.2) is 0 Å². The Labute approximate surface area is 273 Å². The van der Waals surface area contributed by atoms with Gasteiger partial charge in [0.25, 0.3) is 0 Å². The maximum atomic E-state index is 13.7. The standard InChI is InChI=1S/C40H50N4O2/c1-5-23-15-22-16-32-37-27(13-14-44(20-22)39(23)32)30-17-25(11-12-34(30)42-37)29-18-28-24(6-2)21-43(3)35(36(28)40(45)46-4)19-31-26-9-7-8-10-33(26)41-38(29)31/h7-12,17,22-24,28-29,32,35-36,39,41-42H,5-6,13-16,18-21H2,1-4H3/t22-,23-,24-,28-,29+,32-,35+,36+,39+/m1/s1. The summed E-state index contributed by atoms with van der Waals surface area (Å²) in [6.45, 7) is 8.23. The molecule has 6 heteroatoms. The number of likely N-dealkylation sites (N-methyl/N-ethyl adjacent to an activating group) is 1. The molecule has 242 valence electrons. The lowest BCUT2D eigenvalue weighted by Gasteiger charge is -2.53. The number of rotatable bonds is 4. The van der Waals surface area contributed by atoms with Crippen LogP contribution in [-0.4, -0.2) is 71.6 Å². The van der Waals surface area contributed by atoms with E-state index in [0.717, 1.165) is 44.1 Å². The van der Waals surface area contributed by atoms with Crippen molar-refractivity contribution in [1.82, 2.24) is 19.8 Å². The molecule has 0 radical (unpaired) electrons. The van der Waals surface area contributed by atoms with E-state index in [1.807, 2.05) is 0 Å². The molecule has 0 amide bonds. The van der Waals surface area contributed by atoms with Crippen molar-refractivity contribution < 1.29 is 9.53 Å². The minimum atomic E-state index is -0.124. The number of H-pyrrole nitrogens is 2. The molecule has 10 atom stereocenters. The van der Waals surface area contributed by atoms with Crippen LogP contribution in [-0.2, 0) is 22.4 Å². The van der Waals surface area contributed by atoms with Crippen LogP contribution < -0.4 is 0 Å². The van der Waals surface area contributed by atoms with Crippen LogP contribution in [0.1, 0.15) is 85.9 Å². The number of hydrogen-bond donors (Lipinski definition) is 2. The van der Waals surface area contributed by atoms with Crippen molar-refractivity contribution in [1.29, 1.82) is 0 Å². The highest BCUT2D eigenvalue weighted by molar-refractivity contribution is 5.88. The van der Waals surface area contributed by atoms with Crippen molar-refractivity contribution in [2.75, 3.05) is 33.8 Å². The number of aromatic amines is 2. The third kappa shape index (κ3) is 4.24. The summed E-state index contributed by atoms with van der Waals surface area (Å²) in [6.07, 6.45) is 8.09. The summed E-state index contributed by atoms with van der Waals surface area (Å²) in [5, 5.41) is 2.73. The molecule has 6 heterocycles. The van der Waals surface area contributed by atoms with E-state index in [0.29, 0.717) is 17.9 Å². The predicted molar refractivity (Wildman–Crippen MR) is 184 cm³/mol. The molecule has 0 spiro atoms. The summed E-state index contributed by atoms with van der Waals surface area (Å²) in [6, 6.07) is 16.9. The lowest BCUT2D eigenvalue weighted by atomic mass is 9.64. The average Bonchev–Trinajstić information content (AvgIpc) is 3.60. The molecule has 1 unspecified atom stereocenters. The summed E-state index contributed by atoms with van der Waals surface area (Å²) in [4.78, 5) is 27.0. The molecule has 4 aromatic rings. The summed E-state index contributed by atoms with van der Waals surface area (Å²) in [5.74, 6) is 3.08. The first-order chi connectivity index (χ1) is 22.5. The number of fused-ring (bicyclic) bond motifs is 9. The largest absolute Gasteiger partial charge is 0.469 e. The maximum Gasteiger partial charge on any atom is 0.310 e. The van der Waals surface area contributed by atoms with Crippen molar-refractivity contribution in [2.24, 2.45) is 29.6 Å². The van der Waals surface area contributed by atoms with Crippen LogP contribution in [0.3, 0.4) is 0 Å². The second-order valence-electron chi connectivity index (χ2n) is 15.6. The second-order valence-corrected chi connectivity index (χ2v) is 15.6. The first-order valence-electron chi connectivity index (χ1n) is 18.2. The van der Waals surface area contributed by atoms with E-state index in [1.165, 1.54) is 71.0 Å². The number of nitrogens with zero attached hydrogens (tertiary/aromatic N) is 2. The molecule has 2 aromatic heterocycles. The number of nitrogens with one attached hydrogen (secondary N) is 2. The molecule has 6 aliphatic rings. The minimum Gasteiger partial charge on any atom is -0.469 e. The predicted octanol–water partition coefficient (Wildman–Crippen LogP) is 7.23. The summed E-state index contributed by atoms with van der Waals surface area (Å²) < 4.78 is 5.57. The fourth-order valence-corrected chi connectivity index (χ4v) is 11.6. The van der Waals surface area contributed by atoms with E-state index in [-0.39, 0.29) is 29.8 Å². The molecule has 2 aliphatic carbocycles. The molecule has 4 fully saturated rings. The average molecular weight is 619 g/mol. The normalized spacial score (nSPS) is 35.3. The fourth-order valence-electron chi connectivity index (χ4n) is 11.6. The van der Waals surface area contributed by atoms with E-state index in [1.54, 1.807) is 18.4 Å². The quantitative estimate of drug-likeness (QED) is 0.237. The number of aromatic nitrogens is 2. The van der Waals surface area contributed by atoms with Gasteiger partial charge >= 0.3 is 5.97 Å². The fraction of sp³-hybridized carbons (Fsp3) is 0.575. The molecule has 6 bridgehead atoms. The highest BCUT2D eigenvalue weighted by Gasteiger charge is 2.50. The number of carbonyl (C=O) groups is 1. The lowest BCUT2D eigenvalue weighted by Crippen LogP contribution is -2.56. The van der Waals surface area contributed by atoms with Crippen molar-refractivity contribution in [3.8, 4) is 0 Å². The zero-order valence-corrected chi connectivity index (χ0v) is 28.0. The Morgan fingerprint density at radius 3 is 2.54 bits per heavy atom. The van der Waals surface area contributed by atoms with Gasteiger partial charge in [0.2, 0.25) is 0 Å². The van der Waals surface area contributed by atoms with Crippen LogP contribution in [0.25, 0.3) is 21.8 Å². The Balaban J connectivity index is 1.20. The smallest absolute Gasteiger partial charge is 0.310 e. The van der Waals surface area contributed by atoms with Gasteiger partial charge in [-0.15, -0.1) is 0 Å². The van der Waals surface area contributed by atoms with Crippen molar-refractivity contribution >= 4 is 27.8 Å². The molecule has 46 heavy (non-hydrogen) atoms. The number of carbonyl (C=O) groups excluding carboxylic acids is 1. The van der Waals surface area contributed by atoms with E-state index in [4.69, 9.17) is 4.74 Å². The second kappa shape index (κ2) is 11.0. The molecular formula is C40H50N4O2. The van der Waals surface area contributed by atoms with E-state index < -0.39 is 0 Å². The van der Waals surface area contributed by atoms with Crippen molar-refractivity contribution in [3.05, 3.63) is 70.5 Å². The van der Waals surface area contributed by atoms with Gasteiger partial charge < -0.3 is 19.6 Å². The highest BCUT2D eigenvalue weighted by Crippen LogP contribution is 2.52. The summed E-state index contributed by atoms with van der Waals surface area (Å²) in [7, 11) is 3.80. The number of esters is 1. The number of benzene rings is 2. The van der Waals surface area contributed by atoms with Gasteiger partial charge in [-0.3, -0.25) is 9.69 Å². The molecule has 3 saturated heterocycles. The van der Waals surface area contributed by atoms with Crippen LogP contribution in [0.15, 0.2) is 42.5 Å². The number of likely N-dealkylation sites (tertiary alicyclic amines) is 1. The molecular weight excluding hydrogens is 568 g/mol. The number of piperidine rings is 3. The van der Waals surface area contributed by atoms with E-state index in [9.17, 15) is 4.79 Å². The van der Waals surface area contributed by atoms with Crippen LogP contribution in [0, 0.1) is 29.6 Å². The molecule has 10 rings (SSSR count). The van der Waals surface area contributed by atoms with Gasteiger partial charge in [-0.05, 0) is 97.7 Å². The first kappa shape index (κ1) is 29.1. The van der Waals surface area contributed by atoms with Gasteiger partial charge in [0.05, 0.1) is 13.0 Å². The third-order valence-electron chi connectivity index (χ3n) is 13.6. The minimum absolute atomic E-state index is 0.0331. The lowest BCUT2D eigenvalue weighted by molar-refractivity contribution is -0.155. The molecule has 2 N–H and O–H groups in total. The Kier molecular flexibility index (Phi) is 6.94. The number of methoxy groups -OCH3 is 1. The highest BCUT2D eigenvalue weighted by atomic mass is 16.5. The maximum absolute atomic E-state index is 13.7. The zero-order chi connectivity index (χ0) is 31.3. The van der Waals surface area contributed by atoms with Gasteiger partial charge in [0, 0.05) is 76.7 Å². The number of hydrogen-bond acceptors (Lipinski definition) is 4. The Bertz CT molecular complexity index is 1800. The van der Waals surface area contributed by atoms with Crippen LogP contribution in [0.5, 0.6) is 0 Å². The van der Waals surface area contributed by atoms with Gasteiger partial charge in [-0.2, -0.15) is 0 Å². The first-order valence-corrected chi connectivity index (χ1v) is 18.2. The third-order valence-corrected chi connectivity index (χ3v) is 13.6. The summed E-state index contributed by atoms with van der Waals surface area (Å²) in [5.41, 5.74) is 9.76. The van der Waals surface area contributed by atoms with Gasteiger partial charge in [0.1, 0.15) is 0 Å². The van der Waals surface area contributed by atoms with Gasteiger partial charge in [-0.25, -0.2) is 0 Å². The topological polar surface area (TPSA) is 64.4 Å². The monoisotopic (exact) mass is 618 g/mol. The molecule has 2 aromatic carbocycles. The Hall–Kier alpha value is -3.09.